The Balaban J connectivity index is 2.14. The van der Waals surface area contributed by atoms with Gasteiger partial charge in [0.25, 0.3) is 5.91 Å². The fourth-order valence-corrected chi connectivity index (χ4v) is 1.88. The predicted molar refractivity (Wildman–Crippen MR) is 80.7 cm³/mol. The van der Waals surface area contributed by atoms with Crippen molar-refractivity contribution in [3.8, 4) is 0 Å². The number of hydrogen-bond donors (Lipinski definition) is 2. The Bertz CT molecular complexity index is 638. The van der Waals surface area contributed by atoms with Crippen molar-refractivity contribution in [3.05, 3.63) is 59.7 Å². The monoisotopic (exact) mass is 287 g/mol. The van der Waals surface area contributed by atoms with Gasteiger partial charge in [-0.3, -0.25) is 9.78 Å². The van der Waals surface area contributed by atoms with Crippen molar-refractivity contribution >= 4 is 11.6 Å². The first kappa shape index (κ1) is 15.1. The number of anilines is 1. The third-order valence-corrected chi connectivity index (χ3v) is 3.45. The fraction of sp³-hybridized carbons (Fsp3) is 0.250. The zero-order valence-electron chi connectivity index (χ0n) is 12.1. The van der Waals surface area contributed by atoms with Crippen LogP contribution in [0.1, 0.15) is 29.8 Å². The molecule has 0 saturated heterocycles. The summed E-state index contributed by atoms with van der Waals surface area (Å²) in [5.41, 5.74) is 7.26. The van der Waals surface area contributed by atoms with Gasteiger partial charge in [0.15, 0.2) is 5.82 Å². The molecule has 0 saturated carbocycles. The Morgan fingerprint density at radius 3 is 2.52 bits per heavy atom. The average molecular weight is 287 g/mol. The molecule has 1 heterocycles. The lowest BCUT2D eigenvalue weighted by Gasteiger charge is -2.23. The van der Waals surface area contributed by atoms with Crippen molar-refractivity contribution in [3.63, 3.8) is 0 Å². The lowest BCUT2D eigenvalue weighted by molar-refractivity contribution is 0.102. The molecule has 2 rings (SSSR count). The molecule has 0 spiro atoms. The quantitative estimate of drug-likeness (QED) is 0.908. The molecule has 0 unspecified atom stereocenters. The minimum Gasteiger partial charge on any atom is -0.330 e. The van der Waals surface area contributed by atoms with E-state index in [1.807, 2.05) is 26.0 Å². The second kappa shape index (κ2) is 6.01. The topological polar surface area (TPSA) is 68.0 Å². The van der Waals surface area contributed by atoms with E-state index >= 15 is 0 Å². The Morgan fingerprint density at radius 2 is 1.95 bits per heavy atom. The third-order valence-electron chi connectivity index (χ3n) is 3.45. The summed E-state index contributed by atoms with van der Waals surface area (Å²) in [6.07, 6.45) is 2.40. The van der Waals surface area contributed by atoms with Gasteiger partial charge in [0.2, 0.25) is 0 Å². The molecule has 110 valence electrons. The van der Waals surface area contributed by atoms with Crippen LogP contribution in [0.5, 0.6) is 0 Å². The first-order chi connectivity index (χ1) is 9.94. The molecule has 1 aromatic carbocycles. The molecular weight excluding hydrogens is 269 g/mol. The Morgan fingerprint density at radius 1 is 1.29 bits per heavy atom. The van der Waals surface area contributed by atoms with Crippen LogP contribution < -0.4 is 11.1 Å². The number of nitrogens with one attached hydrogen (secondary N) is 1. The number of benzene rings is 1. The Labute approximate surface area is 123 Å². The number of aromatic nitrogens is 1. The zero-order chi connectivity index (χ0) is 15.5. The molecule has 21 heavy (non-hydrogen) atoms. The molecule has 0 bridgehead atoms. The summed E-state index contributed by atoms with van der Waals surface area (Å²) in [6.45, 7) is 4.63. The second-order valence-corrected chi connectivity index (χ2v) is 5.48. The van der Waals surface area contributed by atoms with Gasteiger partial charge >= 0.3 is 0 Å². The maximum atomic E-state index is 13.5. The maximum Gasteiger partial charge on any atom is 0.258 e. The molecule has 0 radical (unpaired) electrons. The second-order valence-electron chi connectivity index (χ2n) is 5.48. The summed E-state index contributed by atoms with van der Waals surface area (Å²) in [7, 11) is 0. The van der Waals surface area contributed by atoms with E-state index < -0.39 is 11.7 Å². The third kappa shape index (κ3) is 3.44. The number of nitrogens with two attached hydrogens (primary N) is 1. The van der Waals surface area contributed by atoms with Gasteiger partial charge in [0.05, 0.1) is 11.8 Å². The zero-order valence-corrected chi connectivity index (χ0v) is 12.1. The summed E-state index contributed by atoms with van der Waals surface area (Å²) in [4.78, 5) is 15.6. The van der Waals surface area contributed by atoms with Gasteiger partial charge in [-0.1, -0.05) is 26.0 Å². The Hall–Kier alpha value is -2.27. The van der Waals surface area contributed by atoms with E-state index in [0.29, 0.717) is 12.2 Å². The normalized spacial score (nSPS) is 11.2. The van der Waals surface area contributed by atoms with Crippen LogP contribution in [0.3, 0.4) is 0 Å². The van der Waals surface area contributed by atoms with E-state index in [9.17, 15) is 9.18 Å². The SMILES string of the molecule is CC(C)(CN)c1ccc(NC(=O)c2ccncc2F)cc1. The van der Waals surface area contributed by atoms with Crippen molar-refractivity contribution in [1.29, 1.82) is 0 Å². The van der Waals surface area contributed by atoms with E-state index in [2.05, 4.69) is 10.3 Å². The lowest BCUT2D eigenvalue weighted by Crippen LogP contribution is -2.28. The predicted octanol–water partition coefficient (Wildman–Crippen LogP) is 2.71. The van der Waals surface area contributed by atoms with Crippen molar-refractivity contribution in [1.82, 2.24) is 4.98 Å². The van der Waals surface area contributed by atoms with Crippen molar-refractivity contribution in [2.24, 2.45) is 5.73 Å². The molecule has 0 aliphatic heterocycles. The van der Waals surface area contributed by atoms with Crippen LogP contribution in [-0.2, 0) is 5.41 Å². The van der Waals surface area contributed by atoms with Gasteiger partial charge in [-0.2, -0.15) is 0 Å². The van der Waals surface area contributed by atoms with Crippen molar-refractivity contribution < 1.29 is 9.18 Å². The van der Waals surface area contributed by atoms with E-state index in [0.717, 1.165) is 11.8 Å². The molecule has 0 aliphatic rings. The molecule has 1 aromatic heterocycles. The number of halogens is 1. The molecule has 2 aromatic rings. The van der Waals surface area contributed by atoms with Crippen LogP contribution in [0.4, 0.5) is 10.1 Å². The molecule has 0 fully saturated rings. The Kier molecular flexibility index (Phi) is 4.33. The van der Waals surface area contributed by atoms with E-state index in [4.69, 9.17) is 5.73 Å². The standard InChI is InChI=1S/C16H18FN3O/c1-16(2,10-18)11-3-5-12(6-4-11)20-15(21)13-7-8-19-9-14(13)17/h3-9H,10,18H2,1-2H3,(H,20,21). The molecule has 0 atom stereocenters. The van der Waals surface area contributed by atoms with E-state index in [1.165, 1.54) is 12.3 Å². The molecule has 5 heteroatoms. The fourth-order valence-electron chi connectivity index (χ4n) is 1.88. The van der Waals surface area contributed by atoms with Crippen LogP contribution in [0.2, 0.25) is 0 Å². The number of carbonyl (C=O) groups excluding carboxylic acids is 1. The summed E-state index contributed by atoms with van der Waals surface area (Å²) in [6, 6.07) is 8.72. The van der Waals surface area contributed by atoms with Gasteiger partial charge in [0.1, 0.15) is 0 Å². The number of nitrogens with zero attached hydrogens (tertiary/aromatic N) is 1. The largest absolute Gasteiger partial charge is 0.330 e. The summed E-state index contributed by atoms with van der Waals surface area (Å²) in [5, 5.41) is 2.66. The number of carbonyl (C=O) groups is 1. The number of amides is 1. The smallest absolute Gasteiger partial charge is 0.258 e. The van der Waals surface area contributed by atoms with E-state index in [1.54, 1.807) is 12.1 Å². The minimum atomic E-state index is -0.643. The van der Waals surface area contributed by atoms with Crippen molar-refractivity contribution in [2.75, 3.05) is 11.9 Å². The molecule has 3 N–H and O–H groups in total. The van der Waals surface area contributed by atoms with Crippen molar-refractivity contribution in [2.45, 2.75) is 19.3 Å². The van der Waals surface area contributed by atoms with Gasteiger partial charge in [0, 0.05) is 23.8 Å². The summed E-state index contributed by atoms with van der Waals surface area (Å²) in [5.74, 6) is -1.14. The molecular formula is C16H18FN3O. The highest BCUT2D eigenvalue weighted by Crippen LogP contribution is 2.23. The highest BCUT2D eigenvalue weighted by Gasteiger charge is 2.18. The minimum absolute atomic E-state index is 0.0311. The van der Waals surface area contributed by atoms with Crippen LogP contribution >= 0.6 is 0 Å². The van der Waals surface area contributed by atoms with Crippen LogP contribution in [0, 0.1) is 5.82 Å². The molecule has 0 aliphatic carbocycles. The highest BCUT2D eigenvalue weighted by atomic mass is 19.1. The average Bonchev–Trinajstić information content (AvgIpc) is 2.48. The van der Waals surface area contributed by atoms with Gasteiger partial charge in [-0.25, -0.2) is 4.39 Å². The number of hydrogen-bond acceptors (Lipinski definition) is 3. The molecule has 4 nitrogen and oxygen atoms in total. The first-order valence-corrected chi connectivity index (χ1v) is 6.65. The van der Waals surface area contributed by atoms with Gasteiger partial charge in [-0.05, 0) is 23.8 Å². The lowest BCUT2D eigenvalue weighted by atomic mass is 9.85. The maximum absolute atomic E-state index is 13.5. The van der Waals surface area contributed by atoms with Crippen LogP contribution in [-0.4, -0.2) is 17.4 Å². The number of rotatable bonds is 4. The highest BCUT2D eigenvalue weighted by molar-refractivity contribution is 6.04. The summed E-state index contributed by atoms with van der Waals surface area (Å²) >= 11 is 0. The van der Waals surface area contributed by atoms with E-state index in [-0.39, 0.29) is 11.0 Å². The number of pyridine rings is 1. The van der Waals surface area contributed by atoms with Gasteiger partial charge < -0.3 is 11.1 Å². The first-order valence-electron chi connectivity index (χ1n) is 6.65. The van der Waals surface area contributed by atoms with Gasteiger partial charge in [-0.15, -0.1) is 0 Å². The molecule has 1 amide bonds. The summed E-state index contributed by atoms with van der Waals surface area (Å²) < 4.78 is 13.5. The van der Waals surface area contributed by atoms with Crippen LogP contribution in [0.25, 0.3) is 0 Å². The van der Waals surface area contributed by atoms with Crippen LogP contribution in [0.15, 0.2) is 42.7 Å².